The van der Waals surface area contributed by atoms with Gasteiger partial charge in [0.2, 0.25) is 0 Å². The minimum atomic E-state index is -2.96. The van der Waals surface area contributed by atoms with Crippen LogP contribution in [0.3, 0.4) is 0 Å². The van der Waals surface area contributed by atoms with E-state index < -0.39 is 36.4 Å². The van der Waals surface area contributed by atoms with Crippen molar-refractivity contribution in [1.29, 1.82) is 0 Å². The Bertz CT molecular complexity index is 564. The van der Waals surface area contributed by atoms with Gasteiger partial charge in [0.05, 0.1) is 11.4 Å². The van der Waals surface area contributed by atoms with Crippen LogP contribution in [0.1, 0.15) is 47.3 Å². The van der Waals surface area contributed by atoms with Crippen LogP contribution in [0.25, 0.3) is 0 Å². The van der Waals surface area contributed by atoms with Gasteiger partial charge >= 0.3 is 5.97 Å². The first-order chi connectivity index (χ1) is 9.89. The Kier molecular flexibility index (Phi) is 1.70. The molecule has 82 valence electrons. The van der Waals surface area contributed by atoms with Crippen LogP contribution >= 0.6 is 0 Å². The van der Waals surface area contributed by atoms with Crippen molar-refractivity contribution in [3.8, 4) is 0 Å². The molecule has 15 heavy (non-hydrogen) atoms. The van der Waals surface area contributed by atoms with Crippen LogP contribution in [0.4, 0.5) is 0 Å². The summed E-state index contributed by atoms with van der Waals surface area (Å²) >= 11 is 0. The minimum Gasteiger partial charge on any atom is -0.481 e. The number of carbonyl (C=O) groups is 1. The fraction of sp³-hybridized carbons (Fsp3) is 0.462. The van der Waals surface area contributed by atoms with Crippen molar-refractivity contribution in [3.63, 3.8) is 0 Å². The van der Waals surface area contributed by atoms with Gasteiger partial charge in [0, 0.05) is 4.11 Å². The highest BCUT2D eigenvalue weighted by molar-refractivity contribution is 5.75. The van der Waals surface area contributed by atoms with Crippen molar-refractivity contribution in [2.75, 3.05) is 0 Å². The lowest BCUT2D eigenvalue weighted by Crippen LogP contribution is -2.07. The number of hydrogen-bond donors (Lipinski definition) is 1. The highest BCUT2D eigenvalue weighted by atomic mass is 16.4. The van der Waals surface area contributed by atoms with Crippen LogP contribution in [0.5, 0.6) is 0 Å². The van der Waals surface area contributed by atoms with Gasteiger partial charge in [-0.25, -0.2) is 0 Å². The molecule has 1 aromatic rings. The first-order valence-corrected chi connectivity index (χ1v) is 4.71. The molecule has 0 heterocycles. The molecule has 0 amide bonds. The standard InChI is InChI=1S/C13H18O2/c1-9(2)8-11-4-6-12(7-5-11)10(3)13(14)15/h4-7,9-10H,8H2,1-3H3,(H,14,15)/t10-/m0/s1/i3D3,4D,5D,6D,7D. The highest BCUT2D eigenvalue weighted by Gasteiger charge is 2.12. The average Bonchev–Trinajstić information content (AvgIpc) is 2.35. The van der Waals surface area contributed by atoms with E-state index in [-0.39, 0.29) is 23.6 Å². The molecule has 0 saturated carbocycles. The van der Waals surface area contributed by atoms with E-state index in [1.165, 1.54) is 0 Å². The summed E-state index contributed by atoms with van der Waals surface area (Å²) in [6.45, 7) is 0.737. The van der Waals surface area contributed by atoms with E-state index in [1.54, 1.807) is 0 Å². The second kappa shape index (κ2) is 4.96. The zero-order chi connectivity index (χ0) is 17.4. The maximum atomic E-state index is 11.3. The SMILES string of the molecule is [2H]c1c([2H])c([C@@H](C(=O)O)C([2H])([2H])[2H])c([2H])c([2H])c1CC(C)C. The molecule has 0 aliphatic heterocycles. The number of aliphatic carboxylic acids is 1. The topological polar surface area (TPSA) is 37.3 Å². The number of hydrogen-bond acceptors (Lipinski definition) is 1. The quantitative estimate of drug-likeness (QED) is 0.834. The first kappa shape index (κ1) is 5.15. The van der Waals surface area contributed by atoms with E-state index in [9.17, 15) is 4.79 Å². The molecule has 0 aliphatic rings. The molecule has 0 aliphatic carbocycles. The van der Waals surface area contributed by atoms with Crippen molar-refractivity contribution >= 4 is 5.97 Å². The highest BCUT2D eigenvalue weighted by Crippen LogP contribution is 2.17. The van der Waals surface area contributed by atoms with Gasteiger partial charge in [-0.1, -0.05) is 38.0 Å². The summed E-state index contributed by atoms with van der Waals surface area (Å²) < 4.78 is 53.7. The van der Waals surface area contributed by atoms with Crippen molar-refractivity contribution in [3.05, 3.63) is 35.3 Å². The molecule has 0 saturated heterocycles. The normalized spacial score (nSPS) is 20.3. The summed E-state index contributed by atoms with van der Waals surface area (Å²) in [5.74, 6) is -3.71. The van der Waals surface area contributed by atoms with Gasteiger partial charge in [-0.3, -0.25) is 4.79 Å². The van der Waals surface area contributed by atoms with Crippen molar-refractivity contribution < 1.29 is 19.5 Å². The van der Waals surface area contributed by atoms with Crippen LogP contribution in [0, 0.1) is 5.92 Å². The Hall–Kier alpha value is -1.31. The van der Waals surface area contributed by atoms with Gasteiger partial charge in [-0.05, 0) is 30.3 Å². The lowest BCUT2D eigenvalue weighted by Gasteiger charge is -2.09. The van der Waals surface area contributed by atoms with E-state index in [1.807, 2.05) is 13.8 Å². The maximum Gasteiger partial charge on any atom is 0.310 e. The van der Waals surface area contributed by atoms with Crippen LogP contribution in [0.2, 0.25) is 0 Å². The molecule has 0 unspecified atom stereocenters. The molecule has 0 bridgehead atoms. The second-order valence-corrected chi connectivity index (χ2v) is 3.76. The smallest absolute Gasteiger partial charge is 0.310 e. The van der Waals surface area contributed by atoms with Gasteiger partial charge in [0.15, 0.2) is 0 Å². The molecular formula is C13H18O2. The lowest BCUT2D eigenvalue weighted by molar-refractivity contribution is -0.138. The Morgan fingerprint density at radius 1 is 1.47 bits per heavy atom. The predicted molar refractivity (Wildman–Crippen MR) is 61.0 cm³/mol. The third-order valence-corrected chi connectivity index (χ3v) is 1.84. The Balaban J connectivity index is 3.68. The first-order valence-electron chi connectivity index (χ1n) is 8.21. The molecule has 2 nitrogen and oxygen atoms in total. The van der Waals surface area contributed by atoms with Crippen molar-refractivity contribution in [2.45, 2.75) is 33.0 Å². The number of rotatable bonds is 4. The monoisotopic (exact) mass is 213 g/mol. The molecular weight excluding hydrogens is 188 g/mol. The van der Waals surface area contributed by atoms with Crippen molar-refractivity contribution in [1.82, 2.24) is 0 Å². The Morgan fingerprint density at radius 3 is 2.47 bits per heavy atom. The molecule has 1 atom stereocenters. The van der Waals surface area contributed by atoms with Gasteiger partial charge in [-0.2, -0.15) is 0 Å². The van der Waals surface area contributed by atoms with E-state index >= 15 is 0 Å². The number of carboxylic acid groups (broad SMARTS) is 1. The van der Waals surface area contributed by atoms with Gasteiger partial charge in [0.1, 0.15) is 0 Å². The third-order valence-electron chi connectivity index (χ3n) is 1.84. The third kappa shape index (κ3) is 3.39. The van der Waals surface area contributed by atoms with E-state index in [0.29, 0.717) is 6.42 Å². The summed E-state index contributed by atoms with van der Waals surface area (Å²) in [7, 11) is 0. The lowest BCUT2D eigenvalue weighted by atomic mass is 9.97. The number of benzene rings is 1. The molecule has 1 N–H and O–H groups in total. The zero-order valence-electron chi connectivity index (χ0n) is 15.7. The molecule has 0 aromatic heterocycles. The Labute approximate surface area is 101 Å². The van der Waals surface area contributed by atoms with Gasteiger partial charge in [-0.15, -0.1) is 0 Å². The molecule has 2 heteroatoms. The minimum absolute atomic E-state index is 0.0794. The predicted octanol–water partition coefficient (Wildman–Crippen LogP) is 3.07. The second-order valence-electron chi connectivity index (χ2n) is 3.76. The zero-order valence-corrected chi connectivity index (χ0v) is 8.72. The average molecular weight is 213 g/mol. The summed E-state index contributed by atoms with van der Waals surface area (Å²) in [5, 5.41) is 9.16. The van der Waals surface area contributed by atoms with Crippen LogP contribution in [0.15, 0.2) is 24.2 Å². The maximum absolute atomic E-state index is 11.3. The summed E-state index contributed by atoms with van der Waals surface area (Å²) in [5.41, 5.74) is -0.418. The van der Waals surface area contributed by atoms with Gasteiger partial charge in [0.25, 0.3) is 0 Å². The summed E-state index contributed by atoms with van der Waals surface area (Å²) in [6, 6.07) is -1.94. The molecule has 0 spiro atoms. The van der Waals surface area contributed by atoms with Crippen LogP contribution in [-0.4, -0.2) is 11.1 Å². The largest absolute Gasteiger partial charge is 0.481 e. The van der Waals surface area contributed by atoms with Crippen LogP contribution < -0.4 is 0 Å². The van der Waals surface area contributed by atoms with E-state index in [4.69, 9.17) is 14.7 Å². The van der Waals surface area contributed by atoms with Gasteiger partial charge < -0.3 is 5.11 Å². The van der Waals surface area contributed by atoms with E-state index in [2.05, 4.69) is 0 Å². The molecule has 0 fully saturated rings. The molecule has 1 rings (SSSR count). The summed E-state index contributed by atoms with van der Waals surface area (Å²) in [6.07, 6.45) is 0.293. The van der Waals surface area contributed by atoms with Crippen molar-refractivity contribution in [2.24, 2.45) is 5.92 Å². The molecule has 0 radical (unpaired) electrons. The fourth-order valence-corrected chi connectivity index (χ4v) is 1.13. The number of carboxylic acids is 1. The van der Waals surface area contributed by atoms with E-state index in [0.717, 1.165) is 0 Å². The van der Waals surface area contributed by atoms with Crippen LogP contribution in [-0.2, 0) is 11.2 Å². The fourth-order valence-electron chi connectivity index (χ4n) is 1.13. The summed E-state index contributed by atoms with van der Waals surface area (Å²) in [4.78, 5) is 11.3. The molecule has 1 aromatic carbocycles. The Morgan fingerprint density at radius 2 is 2.07 bits per heavy atom.